The first-order chi connectivity index (χ1) is 7.80. The first-order valence-electron chi connectivity index (χ1n) is 6.07. The molecule has 0 heterocycles. The summed E-state index contributed by atoms with van der Waals surface area (Å²) in [5.41, 5.74) is 7.84. The maximum atomic E-state index is 13.5. The molecule has 0 bridgehead atoms. The van der Waals surface area contributed by atoms with Gasteiger partial charge in [0.05, 0.1) is 0 Å². The maximum Gasteiger partial charge on any atom is 0.270 e. The molecule has 1 aromatic rings. The van der Waals surface area contributed by atoms with Crippen molar-refractivity contribution < 1.29 is 8.78 Å². The molecule has 17 heavy (non-hydrogen) atoms. The molecule has 2 N–H and O–H groups in total. The van der Waals surface area contributed by atoms with Crippen molar-refractivity contribution in [2.24, 2.45) is 5.73 Å². The van der Waals surface area contributed by atoms with Gasteiger partial charge in [0.1, 0.15) is 0 Å². The van der Waals surface area contributed by atoms with Crippen LogP contribution in [0.25, 0.3) is 0 Å². The molecule has 1 nitrogen and oxygen atoms in total. The zero-order valence-electron chi connectivity index (χ0n) is 10.4. The minimum Gasteiger partial charge on any atom is -0.325 e. The van der Waals surface area contributed by atoms with Gasteiger partial charge in [0.25, 0.3) is 5.92 Å². The molecule has 2 rings (SSSR count). The highest BCUT2D eigenvalue weighted by atomic mass is 19.3. The van der Waals surface area contributed by atoms with Crippen molar-refractivity contribution in [3.63, 3.8) is 0 Å². The van der Waals surface area contributed by atoms with Gasteiger partial charge in [-0.15, -0.1) is 0 Å². The Bertz CT molecular complexity index is 417. The normalized spacial score (nSPS) is 18.2. The van der Waals surface area contributed by atoms with E-state index in [9.17, 15) is 8.78 Å². The first kappa shape index (κ1) is 12.5. The van der Waals surface area contributed by atoms with Crippen LogP contribution >= 0.6 is 0 Å². The van der Waals surface area contributed by atoms with E-state index in [1.807, 2.05) is 13.0 Å². The van der Waals surface area contributed by atoms with E-state index in [-0.39, 0.29) is 11.1 Å². The summed E-state index contributed by atoms with van der Waals surface area (Å²) in [7, 11) is 0. The van der Waals surface area contributed by atoms with E-state index >= 15 is 0 Å². The van der Waals surface area contributed by atoms with Gasteiger partial charge in [-0.25, -0.2) is 8.78 Å². The average Bonchev–Trinajstić information content (AvgIpc) is 2.93. The third kappa shape index (κ3) is 3.03. The maximum absolute atomic E-state index is 13.5. The second-order valence-corrected chi connectivity index (χ2v) is 5.41. The van der Waals surface area contributed by atoms with Gasteiger partial charge in [0.15, 0.2) is 0 Å². The fourth-order valence-electron chi connectivity index (χ4n) is 2.15. The highest BCUT2D eigenvalue weighted by Crippen LogP contribution is 2.38. The lowest BCUT2D eigenvalue weighted by Crippen LogP contribution is -2.23. The Labute approximate surface area is 101 Å². The van der Waals surface area contributed by atoms with Gasteiger partial charge in [0.2, 0.25) is 0 Å². The lowest BCUT2D eigenvalue weighted by molar-refractivity contribution is 0.0165. The molecule has 0 atom stereocenters. The molecule has 1 saturated carbocycles. The van der Waals surface area contributed by atoms with Gasteiger partial charge < -0.3 is 5.73 Å². The fourth-order valence-corrected chi connectivity index (χ4v) is 2.15. The van der Waals surface area contributed by atoms with E-state index < -0.39 is 5.92 Å². The Kier molecular flexibility index (Phi) is 2.98. The molecular formula is C14H19F2N. The molecule has 94 valence electrons. The standard InChI is InChI=1S/C14H19F2N/c1-10-3-4-12(13(2,15)16)11(9-10)5-6-14(17)7-8-14/h3-4,9H,5-8,17H2,1-2H3. The van der Waals surface area contributed by atoms with Gasteiger partial charge in [-0.1, -0.05) is 23.8 Å². The zero-order chi connectivity index (χ0) is 12.7. The summed E-state index contributed by atoms with van der Waals surface area (Å²) in [5, 5.41) is 0. The van der Waals surface area contributed by atoms with Gasteiger partial charge in [-0.3, -0.25) is 0 Å². The largest absolute Gasteiger partial charge is 0.325 e. The number of hydrogen-bond acceptors (Lipinski definition) is 1. The summed E-state index contributed by atoms with van der Waals surface area (Å²) in [6, 6.07) is 5.14. The van der Waals surface area contributed by atoms with E-state index in [2.05, 4.69) is 0 Å². The molecule has 0 amide bonds. The van der Waals surface area contributed by atoms with Gasteiger partial charge in [-0.05, 0) is 38.2 Å². The minimum absolute atomic E-state index is 0.0793. The minimum atomic E-state index is -2.77. The van der Waals surface area contributed by atoms with Gasteiger partial charge >= 0.3 is 0 Å². The summed E-state index contributed by atoms with van der Waals surface area (Å²) in [5.74, 6) is -2.77. The van der Waals surface area contributed by atoms with Crippen LogP contribution in [0.15, 0.2) is 18.2 Å². The third-order valence-electron chi connectivity index (χ3n) is 3.52. The molecular weight excluding hydrogens is 220 g/mol. The Morgan fingerprint density at radius 3 is 2.53 bits per heavy atom. The van der Waals surface area contributed by atoms with Crippen molar-refractivity contribution in [2.45, 2.75) is 51.0 Å². The molecule has 0 spiro atoms. The zero-order valence-corrected chi connectivity index (χ0v) is 10.4. The Hall–Kier alpha value is -0.960. The molecule has 1 fully saturated rings. The summed E-state index contributed by atoms with van der Waals surface area (Å²) in [4.78, 5) is 0. The number of hydrogen-bond donors (Lipinski definition) is 1. The summed E-state index contributed by atoms with van der Waals surface area (Å²) >= 11 is 0. The number of benzene rings is 1. The van der Waals surface area contributed by atoms with E-state index in [1.54, 1.807) is 12.1 Å². The average molecular weight is 239 g/mol. The van der Waals surface area contributed by atoms with E-state index in [0.717, 1.165) is 37.3 Å². The quantitative estimate of drug-likeness (QED) is 0.854. The highest BCUT2D eigenvalue weighted by Gasteiger charge is 2.38. The number of nitrogens with two attached hydrogens (primary N) is 1. The lowest BCUT2D eigenvalue weighted by atomic mass is 9.95. The number of halogens is 2. The van der Waals surface area contributed by atoms with Crippen molar-refractivity contribution in [1.82, 2.24) is 0 Å². The summed E-state index contributed by atoms with van der Waals surface area (Å²) in [6.07, 6.45) is 3.50. The van der Waals surface area contributed by atoms with E-state index in [4.69, 9.17) is 5.73 Å². The molecule has 3 heteroatoms. The first-order valence-corrected chi connectivity index (χ1v) is 6.07. The van der Waals surface area contributed by atoms with Gasteiger partial charge in [-0.2, -0.15) is 0 Å². The van der Waals surface area contributed by atoms with E-state index in [1.165, 1.54) is 0 Å². The SMILES string of the molecule is Cc1ccc(C(C)(F)F)c(CCC2(N)CC2)c1. The Balaban J connectivity index is 2.20. The van der Waals surface area contributed by atoms with Crippen molar-refractivity contribution in [2.75, 3.05) is 0 Å². The van der Waals surface area contributed by atoms with Crippen molar-refractivity contribution in [1.29, 1.82) is 0 Å². The number of aryl methyl sites for hydroxylation is 2. The monoisotopic (exact) mass is 239 g/mol. The van der Waals surface area contributed by atoms with Crippen LogP contribution in [0.4, 0.5) is 8.78 Å². The smallest absolute Gasteiger partial charge is 0.270 e. The van der Waals surface area contributed by atoms with Crippen molar-refractivity contribution in [3.05, 3.63) is 34.9 Å². The van der Waals surface area contributed by atoms with Crippen LogP contribution in [0.3, 0.4) is 0 Å². The van der Waals surface area contributed by atoms with Crippen LogP contribution in [0.1, 0.15) is 42.9 Å². The topological polar surface area (TPSA) is 26.0 Å². The fraction of sp³-hybridized carbons (Fsp3) is 0.571. The van der Waals surface area contributed by atoms with Crippen LogP contribution in [-0.4, -0.2) is 5.54 Å². The second-order valence-electron chi connectivity index (χ2n) is 5.41. The molecule has 0 unspecified atom stereocenters. The van der Waals surface area contributed by atoms with Crippen LogP contribution < -0.4 is 5.73 Å². The summed E-state index contributed by atoms with van der Waals surface area (Å²) in [6.45, 7) is 2.88. The number of rotatable bonds is 4. The van der Waals surface area contributed by atoms with E-state index in [0.29, 0.717) is 6.42 Å². The Morgan fingerprint density at radius 1 is 1.35 bits per heavy atom. The van der Waals surface area contributed by atoms with Gasteiger partial charge in [0, 0.05) is 18.0 Å². The molecule has 1 aliphatic carbocycles. The highest BCUT2D eigenvalue weighted by molar-refractivity contribution is 5.34. The number of alkyl halides is 2. The lowest BCUT2D eigenvalue weighted by Gasteiger charge is -2.18. The van der Waals surface area contributed by atoms with Crippen LogP contribution in [-0.2, 0) is 12.3 Å². The Morgan fingerprint density at radius 2 is 2.00 bits per heavy atom. The second kappa shape index (κ2) is 4.05. The molecule has 1 aliphatic rings. The summed E-state index contributed by atoms with van der Waals surface area (Å²) < 4.78 is 26.9. The predicted octanol–water partition coefficient (Wildman–Crippen LogP) is 3.53. The molecule has 0 aromatic heterocycles. The molecule has 0 aliphatic heterocycles. The van der Waals surface area contributed by atoms with Crippen molar-refractivity contribution in [3.8, 4) is 0 Å². The third-order valence-corrected chi connectivity index (χ3v) is 3.52. The molecule has 0 saturated heterocycles. The van der Waals surface area contributed by atoms with Crippen LogP contribution in [0.2, 0.25) is 0 Å². The molecule has 0 radical (unpaired) electrons. The predicted molar refractivity (Wildman–Crippen MR) is 65.2 cm³/mol. The van der Waals surface area contributed by atoms with Crippen molar-refractivity contribution >= 4 is 0 Å². The molecule has 1 aromatic carbocycles. The van der Waals surface area contributed by atoms with Crippen LogP contribution in [0, 0.1) is 6.92 Å². The van der Waals surface area contributed by atoms with Crippen LogP contribution in [0.5, 0.6) is 0 Å².